The molecule has 5 heteroatoms. The number of allylic oxidation sites excluding steroid dienone is 19. The van der Waals surface area contributed by atoms with E-state index in [4.69, 9.17) is 14.7 Å². The highest BCUT2D eigenvalue weighted by Gasteiger charge is 2.48. The van der Waals surface area contributed by atoms with E-state index < -0.39 is 6.17 Å². The second-order valence-corrected chi connectivity index (χ2v) is 20.6. The minimum Gasteiger partial charge on any atom is -0.493 e. The van der Waals surface area contributed by atoms with Gasteiger partial charge in [-0.05, 0) is 134 Å². The zero-order chi connectivity index (χ0) is 45.8. The molecule has 0 radical (unpaired) electrons. The molecule has 3 aromatic carbocycles. The predicted octanol–water partition coefficient (Wildman–Crippen LogP) is 14.8. The summed E-state index contributed by atoms with van der Waals surface area (Å²) in [4.78, 5) is 11.4. The molecule has 5 nitrogen and oxygen atoms in total. The van der Waals surface area contributed by atoms with Gasteiger partial charge in [-0.2, -0.15) is 0 Å². The maximum absolute atomic E-state index is 7.23. The number of fused-ring (bicyclic) bond motifs is 6. The summed E-state index contributed by atoms with van der Waals surface area (Å²) in [5.74, 6) is 4.58. The van der Waals surface area contributed by atoms with Crippen LogP contribution >= 0.6 is 0 Å². The molecule has 3 heterocycles. The van der Waals surface area contributed by atoms with Crippen LogP contribution < -0.4 is 5.32 Å². The van der Waals surface area contributed by atoms with Crippen molar-refractivity contribution >= 4 is 33.8 Å². The van der Waals surface area contributed by atoms with Crippen LogP contribution in [-0.4, -0.2) is 28.5 Å². The van der Waals surface area contributed by atoms with Crippen molar-refractivity contribution in [3.8, 4) is 0 Å². The number of rotatable bonds is 8. The molecule has 13 rings (SSSR count). The SMILES string of the molecule is CC1C=CCCC1C1=CC=C(c2ccccc2)CC1C1=CCC(C2=CCCC3=C2C2c4c(n(C5=CCCC=C5)c5ccccc45)CCC2O3)C(C2N=C(C3=CC=CCC3)NC(c3ccccc3)=N2)=C1. The van der Waals surface area contributed by atoms with Crippen LogP contribution in [0, 0.1) is 23.7 Å². The Labute approximate surface area is 408 Å². The summed E-state index contributed by atoms with van der Waals surface area (Å²) >= 11 is 0. The molecule has 1 aromatic heterocycles. The summed E-state index contributed by atoms with van der Waals surface area (Å²) < 4.78 is 9.83. The van der Waals surface area contributed by atoms with Crippen molar-refractivity contribution < 1.29 is 4.74 Å². The van der Waals surface area contributed by atoms with Crippen molar-refractivity contribution in [2.75, 3.05) is 0 Å². The minimum atomic E-state index is -0.396. The minimum absolute atomic E-state index is 0.0925. The third-order valence-electron chi connectivity index (χ3n) is 16.7. The number of amidine groups is 2. The van der Waals surface area contributed by atoms with E-state index in [1.165, 1.54) is 79.0 Å². The van der Waals surface area contributed by atoms with E-state index in [0.29, 0.717) is 11.8 Å². The van der Waals surface area contributed by atoms with Gasteiger partial charge in [0, 0.05) is 46.2 Å². The first-order valence-electron chi connectivity index (χ1n) is 26.1. The molecule has 9 aliphatic rings. The Morgan fingerprint density at radius 1 is 0.681 bits per heavy atom. The third-order valence-corrected chi connectivity index (χ3v) is 16.7. The summed E-state index contributed by atoms with van der Waals surface area (Å²) in [6.45, 7) is 2.43. The average Bonchev–Trinajstić information content (AvgIpc) is 3.98. The van der Waals surface area contributed by atoms with Crippen molar-refractivity contribution in [3.63, 3.8) is 0 Å². The summed E-state index contributed by atoms with van der Waals surface area (Å²) in [7, 11) is 0. The van der Waals surface area contributed by atoms with E-state index in [0.717, 1.165) is 87.9 Å². The van der Waals surface area contributed by atoms with Crippen molar-refractivity contribution in [2.24, 2.45) is 33.7 Å². The number of ether oxygens (including phenoxy) is 1. The van der Waals surface area contributed by atoms with E-state index in [-0.39, 0.29) is 23.9 Å². The molecule has 344 valence electrons. The number of aliphatic imine (C=N–C) groups is 2. The van der Waals surface area contributed by atoms with Gasteiger partial charge in [0.05, 0.1) is 11.4 Å². The molecule has 0 amide bonds. The number of para-hydroxylation sites is 1. The Hall–Kier alpha value is -6.72. The zero-order valence-electron chi connectivity index (χ0n) is 39.9. The molecule has 0 bridgehead atoms. The Bertz CT molecular complexity index is 3150. The summed E-state index contributed by atoms with van der Waals surface area (Å²) in [5, 5.41) is 5.14. The summed E-state index contributed by atoms with van der Waals surface area (Å²) in [6.07, 6.45) is 43.5. The molecule has 0 spiro atoms. The highest BCUT2D eigenvalue weighted by molar-refractivity contribution is 6.16. The van der Waals surface area contributed by atoms with Crippen LogP contribution in [0.2, 0.25) is 0 Å². The van der Waals surface area contributed by atoms with Crippen molar-refractivity contribution in [2.45, 2.75) is 102 Å². The van der Waals surface area contributed by atoms with Crippen LogP contribution in [-0.2, 0) is 11.2 Å². The topological polar surface area (TPSA) is 50.9 Å². The van der Waals surface area contributed by atoms with Gasteiger partial charge < -0.3 is 14.6 Å². The molecule has 0 saturated carbocycles. The second kappa shape index (κ2) is 18.0. The molecular formula is C64H62N4O. The highest BCUT2D eigenvalue weighted by atomic mass is 16.5. The first kappa shape index (κ1) is 42.4. The van der Waals surface area contributed by atoms with Gasteiger partial charge in [-0.1, -0.05) is 164 Å². The van der Waals surface area contributed by atoms with Gasteiger partial charge >= 0.3 is 0 Å². The molecule has 0 fully saturated rings. The van der Waals surface area contributed by atoms with Crippen LogP contribution in [0.4, 0.5) is 0 Å². The van der Waals surface area contributed by atoms with Crippen LogP contribution in [0.15, 0.2) is 213 Å². The standard InChI is InChI=1S/C64H62N4O/c1-41-19-14-15-28-48(41)49-35-33-45(42-20-6-2-7-21-42)39-53(49)46-34-36-50(54(40-46)64-66-62(43-22-8-3-9-23-43)65-63(67-64)44-24-10-4-11-25-44)51-30-18-32-57-60(51)61-58(69-57)38-37-56-59(61)52-29-16-17-31-55(52)68(56)47-26-12-5-13-27-47/h2-4,6-10,12,14,16-17,19-24,26-27,29-31,33-35,40-41,48,50,53,58,61,64H,5,11,13,15,18,25,28,32,36-39H2,1H3,(H,65,66,67). The first-order chi connectivity index (χ1) is 34.1. The Balaban J connectivity index is 0.963. The Morgan fingerprint density at radius 2 is 1.52 bits per heavy atom. The van der Waals surface area contributed by atoms with Gasteiger partial charge in [0.15, 0.2) is 6.17 Å². The molecule has 0 saturated heterocycles. The molecule has 2 aliphatic heterocycles. The lowest BCUT2D eigenvalue weighted by Crippen LogP contribution is -2.40. The number of nitrogens with zero attached hydrogens (tertiary/aromatic N) is 3. The van der Waals surface area contributed by atoms with E-state index >= 15 is 0 Å². The van der Waals surface area contributed by atoms with E-state index in [2.05, 4.69) is 181 Å². The quantitative estimate of drug-likeness (QED) is 0.179. The van der Waals surface area contributed by atoms with Crippen molar-refractivity contribution in [3.05, 3.63) is 225 Å². The predicted molar refractivity (Wildman–Crippen MR) is 285 cm³/mol. The van der Waals surface area contributed by atoms with E-state index in [1.54, 1.807) is 5.57 Å². The molecule has 7 aliphatic carbocycles. The van der Waals surface area contributed by atoms with Crippen LogP contribution in [0.5, 0.6) is 0 Å². The second-order valence-electron chi connectivity index (χ2n) is 20.6. The molecule has 7 unspecified atom stereocenters. The van der Waals surface area contributed by atoms with Crippen molar-refractivity contribution in [1.29, 1.82) is 0 Å². The number of benzene rings is 3. The maximum atomic E-state index is 7.23. The number of hydrogen-bond donors (Lipinski definition) is 1. The molecule has 4 aromatic rings. The van der Waals surface area contributed by atoms with Gasteiger partial charge in [0.1, 0.15) is 23.5 Å². The molecule has 7 atom stereocenters. The summed E-state index contributed by atoms with van der Waals surface area (Å²) in [6, 6.07) is 30.9. The van der Waals surface area contributed by atoms with Crippen LogP contribution in [0.3, 0.4) is 0 Å². The average molecular weight is 903 g/mol. The highest BCUT2D eigenvalue weighted by Crippen LogP contribution is 2.57. The van der Waals surface area contributed by atoms with Gasteiger partial charge in [0.2, 0.25) is 0 Å². The lowest BCUT2D eigenvalue weighted by atomic mass is 9.66. The van der Waals surface area contributed by atoms with Gasteiger partial charge in [-0.25, -0.2) is 9.98 Å². The van der Waals surface area contributed by atoms with E-state index in [1.807, 2.05) is 0 Å². The van der Waals surface area contributed by atoms with Crippen molar-refractivity contribution in [1.82, 2.24) is 9.88 Å². The first-order valence-corrected chi connectivity index (χ1v) is 26.1. The van der Waals surface area contributed by atoms with Gasteiger partial charge in [-0.15, -0.1) is 0 Å². The van der Waals surface area contributed by atoms with Crippen LogP contribution in [0.25, 0.3) is 22.2 Å². The normalized spacial score (nSPS) is 28.3. The lowest BCUT2D eigenvalue weighted by Gasteiger charge is -2.39. The van der Waals surface area contributed by atoms with Gasteiger partial charge in [0.25, 0.3) is 0 Å². The monoisotopic (exact) mass is 902 g/mol. The largest absolute Gasteiger partial charge is 0.493 e. The number of nitrogens with one attached hydrogen (secondary N) is 1. The van der Waals surface area contributed by atoms with Gasteiger partial charge in [-0.3, -0.25) is 0 Å². The smallest absolute Gasteiger partial charge is 0.166 e. The Morgan fingerprint density at radius 3 is 2.35 bits per heavy atom. The third kappa shape index (κ3) is 7.60. The molecule has 1 N–H and O–H groups in total. The zero-order valence-corrected chi connectivity index (χ0v) is 39.9. The van der Waals surface area contributed by atoms with E-state index in [9.17, 15) is 0 Å². The molecule has 69 heavy (non-hydrogen) atoms. The summed E-state index contributed by atoms with van der Waals surface area (Å²) in [5.41, 5.74) is 17.8. The lowest BCUT2D eigenvalue weighted by molar-refractivity contribution is 0.113. The fraction of sp³-hybridized carbons (Fsp3) is 0.312. The molecular weight excluding hydrogens is 841 g/mol. The number of aromatic nitrogens is 1. The fourth-order valence-electron chi connectivity index (χ4n) is 13.4. The number of hydrogen-bond acceptors (Lipinski definition) is 4. The Kier molecular flexibility index (Phi) is 11.0. The van der Waals surface area contributed by atoms with Crippen LogP contribution in [0.1, 0.15) is 106 Å². The fourth-order valence-corrected chi connectivity index (χ4v) is 13.4. The maximum Gasteiger partial charge on any atom is 0.166 e.